The molecule has 0 spiro atoms. The van der Waals surface area contributed by atoms with Crippen molar-refractivity contribution in [3.05, 3.63) is 65.5 Å². The van der Waals surface area contributed by atoms with Gasteiger partial charge in [0.25, 0.3) is 5.91 Å². The predicted molar refractivity (Wildman–Crippen MR) is 99.2 cm³/mol. The summed E-state index contributed by atoms with van der Waals surface area (Å²) in [5.41, 5.74) is 1.89. The van der Waals surface area contributed by atoms with Crippen molar-refractivity contribution in [1.82, 2.24) is 4.90 Å². The van der Waals surface area contributed by atoms with Crippen molar-refractivity contribution < 1.29 is 18.7 Å². The number of carbonyl (C=O) groups is 1. The Morgan fingerprint density at radius 1 is 1.15 bits per heavy atom. The highest BCUT2D eigenvalue weighted by atomic mass is 19.1. The fourth-order valence-electron chi connectivity index (χ4n) is 2.69. The smallest absolute Gasteiger partial charge is 0.260 e. The molecule has 1 aliphatic heterocycles. The van der Waals surface area contributed by atoms with E-state index in [9.17, 15) is 14.4 Å². The third-order valence-corrected chi connectivity index (χ3v) is 4.19. The maximum absolute atomic E-state index is 13.0. The third kappa shape index (κ3) is 5.16. The molecule has 1 heterocycles. The maximum Gasteiger partial charge on any atom is 0.260 e. The first-order valence-corrected chi connectivity index (χ1v) is 8.62. The third-order valence-electron chi connectivity index (χ3n) is 4.19. The van der Waals surface area contributed by atoms with Crippen LogP contribution < -0.4 is 4.74 Å². The highest BCUT2D eigenvalue weighted by molar-refractivity contribution is 5.89. The van der Waals surface area contributed by atoms with Gasteiger partial charge in [-0.3, -0.25) is 4.79 Å². The first kappa shape index (κ1) is 18.6. The van der Waals surface area contributed by atoms with Gasteiger partial charge in [0.1, 0.15) is 11.6 Å². The predicted octanol–water partition coefficient (Wildman–Crippen LogP) is 3.13. The van der Waals surface area contributed by atoms with Crippen molar-refractivity contribution in [2.75, 3.05) is 32.9 Å². The number of carbonyl (C=O) groups excluding carboxylic acids is 1. The van der Waals surface area contributed by atoms with Crippen molar-refractivity contribution in [2.45, 2.75) is 0 Å². The second-order valence-electron chi connectivity index (χ2n) is 6.03. The van der Waals surface area contributed by atoms with Gasteiger partial charge in [0.2, 0.25) is 0 Å². The Labute approximate surface area is 157 Å². The van der Waals surface area contributed by atoms with Crippen molar-refractivity contribution in [2.24, 2.45) is 0 Å². The average Bonchev–Trinajstić information content (AvgIpc) is 2.72. The standard InChI is InChI=1S/C21H19FN2O3/c22-19-5-3-17(4-6-19)18(14-23)13-16-1-7-20(8-2-16)27-15-21(25)24-9-11-26-12-10-24/h1-8,13H,9-12,15H2/b18-13+. The van der Waals surface area contributed by atoms with Crippen molar-refractivity contribution in [3.8, 4) is 11.8 Å². The lowest BCUT2D eigenvalue weighted by molar-refractivity contribution is -0.137. The van der Waals surface area contributed by atoms with Gasteiger partial charge in [0, 0.05) is 13.1 Å². The van der Waals surface area contributed by atoms with Gasteiger partial charge in [-0.15, -0.1) is 0 Å². The number of hydrogen-bond acceptors (Lipinski definition) is 4. The summed E-state index contributed by atoms with van der Waals surface area (Å²) >= 11 is 0. The molecule has 0 bridgehead atoms. The van der Waals surface area contributed by atoms with Crippen LogP contribution in [-0.2, 0) is 9.53 Å². The van der Waals surface area contributed by atoms with E-state index in [0.717, 1.165) is 5.56 Å². The Bertz CT molecular complexity index is 848. The minimum Gasteiger partial charge on any atom is -0.484 e. The van der Waals surface area contributed by atoms with Crippen LogP contribution in [0.1, 0.15) is 11.1 Å². The summed E-state index contributed by atoms with van der Waals surface area (Å²) in [6.45, 7) is 2.27. The maximum atomic E-state index is 13.0. The van der Waals surface area contributed by atoms with Crippen LogP contribution in [0.2, 0.25) is 0 Å². The van der Waals surface area contributed by atoms with Gasteiger partial charge in [-0.05, 0) is 41.5 Å². The van der Waals surface area contributed by atoms with Crippen LogP contribution in [0.4, 0.5) is 4.39 Å². The number of ether oxygens (including phenoxy) is 2. The van der Waals surface area contributed by atoms with Gasteiger partial charge >= 0.3 is 0 Å². The van der Waals surface area contributed by atoms with E-state index in [1.165, 1.54) is 12.1 Å². The van der Waals surface area contributed by atoms with E-state index < -0.39 is 0 Å². The monoisotopic (exact) mass is 366 g/mol. The summed E-state index contributed by atoms with van der Waals surface area (Å²) < 4.78 is 23.8. The summed E-state index contributed by atoms with van der Waals surface area (Å²) in [6, 6.07) is 15.0. The lowest BCUT2D eigenvalue weighted by Crippen LogP contribution is -2.42. The minimum absolute atomic E-state index is 0.0196. The van der Waals surface area contributed by atoms with Crippen LogP contribution in [0.5, 0.6) is 5.75 Å². The molecule has 6 heteroatoms. The molecular formula is C21H19FN2O3. The Kier molecular flexibility index (Phi) is 6.18. The zero-order valence-corrected chi connectivity index (χ0v) is 14.7. The lowest BCUT2D eigenvalue weighted by atomic mass is 10.0. The number of nitrogens with zero attached hydrogens (tertiary/aromatic N) is 2. The SMILES string of the molecule is N#C/C(=C\c1ccc(OCC(=O)N2CCOCC2)cc1)c1ccc(F)cc1. The Morgan fingerprint density at radius 3 is 2.44 bits per heavy atom. The summed E-state index contributed by atoms with van der Waals surface area (Å²) in [5, 5.41) is 9.35. The second-order valence-corrected chi connectivity index (χ2v) is 6.03. The van der Waals surface area contributed by atoms with Gasteiger partial charge in [-0.1, -0.05) is 24.3 Å². The molecule has 3 rings (SSSR count). The molecule has 0 unspecified atom stereocenters. The van der Waals surface area contributed by atoms with E-state index in [0.29, 0.717) is 43.2 Å². The van der Waals surface area contributed by atoms with E-state index in [1.54, 1.807) is 47.4 Å². The fourth-order valence-corrected chi connectivity index (χ4v) is 2.69. The van der Waals surface area contributed by atoms with Gasteiger partial charge in [0.15, 0.2) is 6.61 Å². The number of allylic oxidation sites excluding steroid dienone is 1. The molecule has 27 heavy (non-hydrogen) atoms. The molecule has 0 N–H and O–H groups in total. The number of morpholine rings is 1. The van der Waals surface area contributed by atoms with Crippen LogP contribution in [0, 0.1) is 17.1 Å². The van der Waals surface area contributed by atoms with E-state index in [1.807, 2.05) is 0 Å². The van der Waals surface area contributed by atoms with Gasteiger partial charge in [0.05, 0.1) is 24.9 Å². The molecule has 2 aromatic carbocycles. The fraction of sp³-hybridized carbons (Fsp3) is 0.238. The zero-order chi connectivity index (χ0) is 19.1. The molecule has 2 aromatic rings. The Hall–Kier alpha value is -3.17. The van der Waals surface area contributed by atoms with Crippen LogP contribution in [0.25, 0.3) is 11.6 Å². The second kappa shape index (κ2) is 8.97. The summed E-state index contributed by atoms with van der Waals surface area (Å²) in [7, 11) is 0. The molecule has 1 fully saturated rings. The van der Waals surface area contributed by atoms with Crippen LogP contribution in [0.15, 0.2) is 48.5 Å². The summed E-state index contributed by atoms with van der Waals surface area (Å²) in [5.74, 6) is 0.170. The molecule has 0 saturated carbocycles. The number of hydrogen-bond donors (Lipinski definition) is 0. The minimum atomic E-state index is -0.343. The number of rotatable bonds is 5. The van der Waals surface area contributed by atoms with Gasteiger partial charge in [-0.25, -0.2) is 4.39 Å². The molecule has 0 aliphatic carbocycles. The first-order chi connectivity index (χ1) is 13.2. The lowest BCUT2D eigenvalue weighted by Gasteiger charge is -2.26. The van der Waals surface area contributed by atoms with Crippen molar-refractivity contribution in [1.29, 1.82) is 5.26 Å². The number of benzene rings is 2. The topological polar surface area (TPSA) is 62.6 Å². The molecule has 1 amide bonds. The molecular weight excluding hydrogens is 347 g/mol. The Balaban J connectivity index is 1.61. The number of halogens is 1. The van der Waals surface area contributed by atoms with Crippen LogP contribution >= 0.6 is 0 Å². The quantitative estimate of drug-likeness (QED) is 0.602. The largest absolute Gasteiger partial charge is 0.484 e. The van der Waals surface area contributed by atoms with Crippen molar-refractivity contribution in [3.63, 3.8) is 0 Å². The van der Waals surface area contributed by atoms with Crippen LogP contribution in [0.3, 0.4) is 0 Å². The van der Waals surface area contributed by atoms with E-state index in [2.05, 4.69) is 6.07 Å². The van der Waals surface area contributed by atoms with Crippen LogP contribution in [-0.4, -0.2) is 43.7 Å². The molecule has 0 aromatic heterocycles. The molecule has 5 nitrogen and oxygen atoms in total. The zero-order valence-electron chi connectivity index (χ0n) is 14.7. The first-order valence-electron chi connectivity index (χ1n) is 8.62. The molecule has 138 valence electrons. The van der Waals surface area contributed by atoms with E-state index in [4.69, 9.17) is 9.47 Å². The molecule has 0 radical (unpaired) electrons. The van der Waals surface area contributed by atoms with Gasteiger partial charge < -0.3 is 14.4 Å². The number of nitriles is 1. The highest BCUT2D eigenvalue weighted by Gasteiger charge is 2.17. The summed E-state index contributed by atoms with van der Waals surface area (Å²) in [6.07, 6.45) is 1.72. The number of amides is 1. The Morgan fingerprint density at radius 2 is 1.81 bits per heavy atom. The highest BCUT2D eigenvalue weighted by Crippen LogP contribution is 2.20. The van der Waals surface area contributed by atoms with E-state index in [-0.39, 0.29) is 18.3 Å². The van der Waals surface area contributed by atoms with Crippen molar-refractivity contribution >= 4 is 17.6 Å². The summed E-state index contributed by atoms with van der Waals surface area (Å²) in [4.78, 5) is 13.8. The van der Waals surface area contributed by atoms with E-state index >= 15 is 0 Å². The average molecular weight is 366 g/mol. The molecule has 1 saturated heterocycles. The normalized spacial score (nSPS) is 14.5. The molecule has 1 aliphatic rings. The van der Waals surface area contributed by atoms with Gasteiger partial charge in [-0.2, -0.15) is 5.26 Å². The molecule has 0 atom stereocenters.